The zero-order valence-electron chi connectivity index (χ0n) is 6.38. The monoisotopic (exact) mass is 160 g/mol. The molecule has 1 nitrogen and oxygen atoms in total. The first-order valence-corrected chi connectivity index (χ1v) is 4.75. The second kappa shape index (κ2) is 5.03. The van der Waals surface area contributed by atoms with Crippen LogP contribution in [0, 0.1) is 5.92 Å². The third-order valence-corrected chi connectivity index (χ3v) is 2.25. The minimum Gasteiger partial charge on any atom is -0.380 e. The lowest BCUT2D eigenvalue weighted by atomic mass is 10.1. The molecule has 0 unspecified atom stereocenters. The standard InChI is InChI=1S/C8H16OS/c10-6-5-9-7-8-3-1-2-4-8/h8,10H,1-7H2. The molecule has 0 aromatic rings. The van der Waals surface area contributed by atoms with Crippen LogP contribution in [0.25, 0.3) is 0 Å². The van der Waals surface area contributed by atoms with Gasteiger partial charge >= 0.3 is 0 Å². The summed E-state index contributed by atoms with van der Waals surface area (Å²) in [4.78, 5) is 0. The maximum absolute atomic E-state index is 5.39. The summed E-state index contributed by atoms with van der Waals surface area (Å²) < 4.78 is 5.39. The molecule has 2 heteroatoms. The summed E-state index contributed by atoms with van der Waals surface area (Å²) in [5, 5.41) is 0. The highest BCUT2D eigenvalue weighted by atomic mass is 32.1. The lowest BCUT2D eigenvalue weighted by Gasteiger charge is -2.07. The molecule has 1 fully saturated rings. The Morgan fingerprint density at radius 3 is 2.60 bits per heavy atom. The Hall–Kier alpha value is 0.310. The molecule has 60 valence electrons. The van der Waals surface area contributed by atoms with Gasteiger partial charge in [0, 0.05) is 12.4 Å². The third-order valence-electron chi connectivity index (χ3n) is 2.06. The second-order valence-electron chi connectivity index (χ2n) is 2.95. The molecule has 0 radical (unpaired) electrons. The zero-order chi connectivity index (χ0) is 7.23. The summed E-state index contributed by atoms with van der Waals surface area (Å²) in [6.07, 6.45) is 5.59. The van der Waals surface area contributed by atoms with Gasteiger partial charge in [-0.3, -0.25) is 0 Å². The quantitative estimate of drug-likeness (QED) is 0.489. The first kappa shape index (κ1) is 8.41. The molecule has 0 saturated heterocycles. The molecule has 1 aliphatic rings. The van der Waals surface area contributed by atoms with Gasteiger partial charge in [0.2, 0.25) is 0 Å². The van der Waals surface area contributed by atoms with Crippen LogP contribution in [0.2, 0.25) is 0 Å². The lowest BCUT2D eigenvalue weighted by molar-refractivity contribution is 0.115. The van der Waals surface area contributed by atoms with E-state index >= 15 is 0 Å². The van der Waals surface area contributed by atoms with Crippen molar-refractivity contribution in [3.63, 3.8) is 0 Å². The molecule has 0 heterocycles. The van der Waals surface area contributed by atoms with Gasteiger partial charge in [-0.1, -0.05) is 12.8 Å². The minimum atomic E-state index is 0.819. The Labute approximate surface area is 68.6 Å². The Kier molecular flexibility index (Phi) is 4.23. The number of ether oxygens (including phenoxy) is 1. The molecule has 1 rings (SSSR count). The van der Waals surface area contributed by atoms with Crippen molar-refractivity contribution in [2.75, 3.05) is 19.0 Å². The van der Waals surface area contributed by atoms with E-state index in [0.29, 0.717) is 0 Å². The van der Waals surface area contributed by atoms with Crippen molar-refractivity contribution in [3.8, 4) is 0 Å². The summed E-state index contributed by atoms with van der Waals surface area (Å²) in [7, 11) is 0. The fourth-order valence-electron chi connectivity index (χ4n) is 1.49. The summed E-state index contributed by atoms with van der Waals surface area (Å²) in [5.41, 5.74) is 0. The van der Waals surface area contributed by atoms with Gasteiger partial charge in [0.1, 0.15) is 0 Å². The molecular formula is C8H16OS. The van der Waals surface area contributed by atoms with Crippen LogP contribution >= 0.6 is 12.6 Å². The first-order chi connectivity index (χ1) is 4.93. The van der Waals surface area contributed by atoms with Gasteiger partial charge in [-0.15, -0.1) is 0 Å². The molecule has 1 aliphatic carbocycles. The van der Waals surface area contributed by atoms with Crippen molar-refractivity contribution in [2.45, 2.75) is 25.7 Å². The molecule has 1 saturated carbocycles. The van der Waals surface area contributed by atoms with E-state index in [2.05, 4.69) is 12.6 Å². The Morgan fingerprint density at radius 2 is 2.00 bits per heavy atom. The number of thiol groups is 1. The molecular weight excluding hydrogens is 144 g/mol. The molecule has 0 N–H and O–H groups in total. The third kappa shape index (κ3) is 2.93. The summed E-state index contributed by atoms with van der Waals surface area (Å²) in [6.45, 7) is 1.79. The van der Waals surface area contributed by atoms with Crippen LogP contribution in [0.1, 0.15) is 25.7 Å². The number of hydrogen-bond donors (Lipinski definition) is 1. The van der Waals surface area contributed by atoms with Gasteiger partial charge in [0.25, 0.3) is 0 Å². The van der Waals surface area contributed by atoms with Gasteiger partial charge in [0.15, 0.2) is 0 Å². The lowest BCUT2D eigenvalue weighted by Crippen LogP contribution is -2.06. The van der Waals surface area contributed by atoms with Gasteiger partial charge in [-0.05, 0) is 18.8 Å². The van der Waals surface area contributed by atoms with Crippen molar-refractivity contribution >= 4 is 12.6 Å². The molecule has 0 bridgehead atoms. The molecule has 0 spiro atoms. The first-order valence-electron chi connectivity index (χ1n) is 4.12. The van der Waals surface area contributed by atoms with E-state index in [-0.39, 0.29) is 0 Å². The molecule has 0 aromatic carbocycles. The molecule has 10 heavy (non-hydrogen) atoms. The summed E-state index contributed by atoms with van der Waals surface area (Å²) in [5.74, 6) is 1.71. The van der Waals surface area contributed by atoms with Crippen molar-refractivity contribution < 1.29 is 4.74 Å². The predicted molar refractivity (Wildman–Crippen MR) is 46.6 cm³/mol. The van der Waals surface area contributed by atoms with E-state index in [1.807, 2.05) is 0 Å². The Balaban J connectivity index is 1.91. The molecule has 0 aliphatic heterocycles. The maximum atomic E-state index is 5.39. The highest BCUT2D eigenvalue weighted by Gasteiger charge is 2.14. The average Bonchev–Trinajstić information content (AvgIpc) is 2.41. The predicted octanol–water partition coefficient (Wildman–Crippen LogP) is 2.12. The molecule has 0 atom stereocenters. The molecule has 0 amide bonds. The van der Waals surface area contributed by atoms with Crippen LogP contribution < -0.4 is 0 Å². The Bertz CT molecular complexity index is 79.3. The van der Waals surface area contributed by atoms with Crippen molar-refractivity contribution in [2.24, 2.45) is 5.92 Å². The van der Waals surface area contributed by atoms with Crippen molar-refractivity contribution in [1.29, 1.82) is 0 Å². The maximum Gasteiger partial charge on any atom is 0.0554 e. The second-order valence-corrected chi connectivity index (χ2v) is 3.40. The van der Waals surface area contributed by atoms with E-state index in [9.17, 15) is 0 Å². The highest BCUT2D eigenvalue weighted by molar-refractivity contribution is 7.80. The van der Waals surface area contributed by atoms with Crippen LogP contribution in [0.5, 0.6) is 0 Å². The molecule has 0 aromatic heterocycles. The average molecular weight is 160 g/mol. The van der Waals surface area contributed by atoms with E-state index in [0.717, 1.165) is 24.9 Å². The topological polar surface area (TPSA) is 9.23 Å². The SMILES string of the molecule is SCCOCC1CCCC1. The van der Waals surface area contributed by atoms with E-state index < -0.39 is 0 Å². The number of rotatable bonds is 4. The Morgan fingerprint density at radius 1 is 1.30 bits per heavy atom. The van der Waals surface area contributed by atoms with E-state index in [1.54, 1.807) is 0 Å². The van der Waals surface area contributed by atoms with E-state index in [1.165, 1.54) is 25.7 Å². The fourth-order valence-corrected chi connectivity index (χ4v) is 1.62. The zero-order valence-corrected chi connectivity index (χ0v) is 7.28. The van der Waals surface area contributed by atoms with Gasteiger partial charge < -0.3 is 4.74 Å². The van der Waals surface area contributed by atoms with Crippen LogP contribution in [0.4, 0.5) is 0 Å². The van der Waals surface area contributed by atoms with E-state index in [4.69, 9.17) is 4.74 Å². The summed E-state index contributed by atoms with van der Waals surface area (Å²) >= 11 is 4.07. The normalized spacial score (nSPS) is 20.1. The smallest absolute Gasteiger partial charge is 0.0554 e. The summed E-state index contributed by atoms with van der Waals surface area (Å²) in [6, 6.07) is 0. The van der Waals surface area contributed by atoms with Crippen LogP contribution in [0.3, 0.4) is 0 Å². The minimum absolute atomic E-state index is 0.819. The van der Waals surface area contributed by atoms with Gasteiger partial charge in [-0.2, -0.15) is 12.6 Å². The van der Waals surface area contributed by atoms with Gasteiger partial charge in [0.05, 0.1) is 6.61 Å². The fraction of sp³-hybridized carbons (Fsp3) is 1.00. The van der Waals surface area contributed by atoms with Crippen molar-refractivity contribution in [1.82, 2.24) is 0 Å². The highest BCUT2D eigenvalue weighted by Crippen LogP contribution is 2.24. The van der Waals surface area contributed by atoms with Crippen LogP contribution in [0.15, 0.2) is 0 Å². The van der Waals surface area contributed by atoms with Crippen LogP contribution in [-0.4, -0.2) is 19.0 Å². The number of hydrogen-bond acceptors (Lipinski definition) is 2. The van der Waals surface area contributed by atoms with Crippen LogP contribution in [-0.2, 0) is 4.74 Å². The largest absolute Gasteiger partial charge is 0.380 e. The van der Waals surface area contributed by atoms with Crippen molar-refractivity contribution in [3.05, 3.63) is 0 Å². The van der Waals surface area contributed by atoms with Gasteiger partial charge in [-0.25, -0.2) is 0 Å².